The van der Waals surface area contributed by atoms with Crippen LogP contribution in [0.4, 0.5) is 5.69 Å². The van der Waals surface area contributed by atoms with E-state index < -0.39 is 0 Å². The van der Waals surface area contributed by atoms with Crippen LogP contribution in [0.25, 0.3) is 0 Å². The van der Waals surface area contributed by atoms with Crippen molar-refractivity contribution in [1.82, 2.24) is 10.2 Å². The number of para-hydroxylation sites is 1. The summed E-state index contributed by atoms with van der Waals surface area (Å²) in [5.41, 5.74) is 0.851. The Morgan fingerprint density at radius 3 is 2.61 bits per heavy atom. The van der Waals surface area contributed by atoms with E-state index in [1.165, 1.54) is 25.9 Å². The Morgan fingerprint density at radius 2 is 1.89 bits per heavy atom. The van der Waals surface area contributed by atoms with Crippen LogP contribution in [0.5, 0.6) is 0 Å². The summed E-state index contributed by atoms with van der Waals surface area (Å²) < 4.78 is 0. The van der Waals surface area contributed by atoms with Crippen molar-refractivity contribution in [3.8, 4) is 0 Å². The minimum absolute atomic E-state index is 0.0163. The minimum atomic E-state index is 0.0163. The fourth-order valence-corrected chi connectivity index (χ4v) is 2.17. The summed E-state index contributed by atoms with van der Waals surface area (Å²) in [4.78, 5) is 14.1. The van der Waals surface area contributed by atoms with Gasteiger partial charge in [-0.25, -0.2) is 0 Å². The molecule has 1 aliphatic heterocycles. The van der Waals surface area contributed by atoms with Crippen molar-refractivity contribution in [2.45, 2.75) is 12.8 Å². The number of amides is 1. The summed E-state index contributed by atoms with van der Waals surface area (Å²) in [5, 5.41) is 6.03. The lowest BCUT2D eigenvalue weighted by Gasteiger charge is -2.14. The second kappa shape index (κ2) is 7.13. The summed E-state index contributed by atoms with van der Waals surface area (Å²) in [6, 6.07) is 9.54. The average molecular weight is 247 g/mol. The zero-order chi connectivity index (χ0) is 12.6. The maximum atomic E-state index is 11.6. The lowest BCUT2D eigenvalue weighted by molar-refractivity contribution is -0.115. The molecule has 0 radical (unpaired) electrons. The van der Waals surface area contributed by atoms with Crippen LogP contribution in [-0.2, 0) is 4.79 Å². The Hall–Kier alpha value is -1.39. The third-order valence-corrected chi connectivity index (χ3v) is 3.15. The third-order valence-electron chi connectivity index (χ3n) is 3.15. The van der Waals surface area contributed by atoms with Gasteiger partial charge in [-0.15, -0.1) is 0 Å². The maximum absolute atomic E-state index is 11.6. The molecule has 1 aromatic carbocycles. The van der Waals surface area contributed by atoms with E-state index in [2.05, 4.69) is 15.5 Å². The van der Waals surface area contributed by atoms with E-state index in [0.29, 0.717) is 6.54 Å². The Morgan fingerprint density at radius 1 is 1.17 bits per heavy atom. The fourth-order valence-electron chi connectivity index (χ4n) is 2.17. The van der Waals surface area contributed by atoms with Gasteiger partial charge in [0, 0.05) is 18.8 Å². The van der Waals surface area contributed by atoms with Crippen molar-refractivity contribution in [1.29, 1.82) is 0 Å². The van der Waals surface area contributed by atoms with Crippen LogP contribution in [0.1, 0.15) is 12.8 Å². The van der Waals surface area contributed by atoms with Crippen LogP contribution < -0.4 is 10.6 Å². The normalized spacial score (nSPS) is 15.8. The van der Waals surface area contributed by atoms with Gasteiger partial charge in [0.2, 0.25) is 5.91 Å². The number of carbonyl (C=O) groups is 1. The molecule has 0 atom stereocenters. The van der Waals surface area contributed by atoms with Gasteiger partial charge in [-0.2, -0.15) is 0 Å². The van der Waals surface area contributed by atoms with Crippen LogP contribution in [0.2, 0.25) is 0 Å². The number of carbonyl (C=O) groups excluding carboxylic acids is 1. The molecule has 0 unspecified atom stereocenters. The molecule has 0 spiro atoms. The first-order valence-electron chi connectivity index (χ1n) is 6.62. The van der Waals surface area contributed by atoms with Gasteiger partial charge in [0.1, 0.15) is 0 Å². The summed E-state index contributed by atoms with van der Waals surface area (Å²) in [7, 11) is 0. The van der Waals surface area contributed by atoms with Crippen molar-refractivity contribution in [3.05, 3.63) is 30.3 Å². The van der Waals surface area contributed by atoms with E-state index in [1.54, 1.807) is 0 Å². The number of hydrogen-bond acceptors (Lipinski definition) is 3. The molecule has 1 fully saturated rings. The number of rotatable bonds is 6. The number of nitrogens with one attached hydrogen (secondary N) is 2. The van der Waals surface area contributed by atoms with Gasteiger partial charge in [-0.1, -0.05) is 18.2 Å². The Labute approximate surface area is 108 Å². The molecule has 4 nitrogen and oxygen atoms in total. The number of benzene rings is 1. The van der Waals surface area contributed by atoms with Crippen LogP contribution >= 0.6 is 0 Å². The minimum Gasteiger partial charge on any atom is -0.325 e. The third kappa shape index (κ3) is 4.47. The van der Waals surface area contributed by atoms with E-state index in [9.17, 15) is 4.79 Å². The SMILES string of the molecule is O=C(CNCCN1CCCC1)Nc1ccccc1. The molecule has 0 saturated carbocycles. The first kappa shape index (κ1) is 13.1. The highest BCUT2D eigenvalue weighted by atomic mass is 16.1. The lowest BCUT2D eigenvalue weighted by Crippen LogP contribution is -2.34. The molecular formula is C14H21N3O. The molecule has 1 aromatic rings. The number of likely N-dealkylation sites (tertiary alicyclic amines) is 1. The Balaban J connectivity index is 1.57. The molecule has 1 saturated heterocycles. The average Bonchev–Trinajstić information content (AvgIpc) is 2.89. The van der Waals surface area contributed by atoms with E-state index in [-0.39, 0.29) is 5.91 Å². The summed E-state index contributed by atoms with van der Waals surface area (Å²) in [6.45, 7) is 4.71. The lowest BCUT2D eigenvalue weighted by atomic mass is 10.3. The molecule has 2 N–H and O–H groups in total. The van der Waals surface area contributed by atoms with Crippen molar-refractivity contribution in [2.24, 2.45) is 0 Å². The predicted molar refractivity (Wildman–Crippen MR) is 73.6 cm³/mol. The van der Waals surface area contributed by atoms with E-state index in [0.717, 1.165) is 18.8 Å². The fraction of sp³-hybridized carbons (Fsp3) is 0.500. The number of anilines is 1. The van der Waals surface area contributed by atoms with Gasteiger partial charge in [-0.05, 0) is 38.1 Å². The predicted octanol–water partition coefficient (Wildman–Crippen LogP) is 1.31. The molecule has 0 aliphatic carbocycles. The molecule has 1 amide bonds. The van der Waals surface area contributed by atoms with Crippen LogP contribution in [0.3, 0.4) is 0 Å². The second-order valence-corrected chi connectivity index (χ2v) is 4.64. The van der Waals surface area contributed by atoms with Crippen molar-refractivity contribution in [3.63, 3.8) is 0 Å². The standard InChI is InChI=1S/C14H21N3O/c18-14(16-13-6-2-1-3-7-13)12-15-8-11-17-9-4-5-10-17/h1-3,6-7,15H,4-5,8-12H2,(H,16,18). The van der Waals surface area contributed by atoms with Gasteiger partial charge < -0.3 is 15.5 Å². The highest BCUT2D eigenvalue weighted by Crippen LogP contribution is 2.05. The second-order valence-electron chi connectivity index (χ2n) is 4.64. The molecule has 0 aromatic heterocycles. The first-order chi connectivity index (χ1) is 8.84. The monoisotopic (exact) mass is 247 g/mol. The first-order valence-corrected chi connectivity index (χ1v) is 6.62. The van der Waals surface area contributed by atoms with Crippen molar-refractivity contribution >= 4 is 11.6 Å². The molecule has 98 valence electrons. The van der Waals surface area contributed by atoms with Gasteiger partial charge in [0.05, 0.1) is 6.54 Å². The summed E-state index contributed by atoms with van der Waals surface area (Å²) in [5.74, 6) is 0.0163. The maximum Gasteiger partial charge on any atom is 0.238 e. The van der Waals surface area contributed by atoms with Gasteiger partial charge in [0.15, 0.2) is 0 Å². The molecular weight excluding hydrogens is 226 g/mol. The van der Waals surface area contributed by atoms with Gasteiger partial charge >= 0.3 is 0 Å². The van der Waals surface area contributed by atoms with Crippen molar-refractivity contribution < 1.29 is 4.79 Å². The largest absolute Gasteiger partial charge is 0.325 e. The molecule has 4 heteroatoms. The molecule has 0 bridgehead atoms. The topological polar surface area (TPSA) is 44.4 Å². The molecule has 18 heavy (non-hydrogen) atoms. The molecule has 1 heterocycles. The quantitative estimate of drug-likeness (QED) is 0.745. The van der Waals surface area contributed by atoms with E-state index >= 15 is 0 Å². The van der Waals surface area contributed by atoms with Gasteiger partial charge in [0.25, 0.3) is 0 Å². The molecule has 2 rings (SSSR count). The Bertz CT molecular complexity index is 361. The van der Waals surface area contributed by atoms with Gasteiger partial charge in [-0.3, -0.25) is 4.79 Å². The smallest absolute Gasteiger partial charge is 0.238 e. The van der Waals surface area contributed by atoms with Crippen molar-refractivity contribution in [2.75, 3.05) is 38.0 Å². The van der Waals surface area contributed by atoms with Crippen LogP contribution in [0.15, 0.2) is 30.3 Å². The van der Waals surface area contributed by atoms with E-state index in [4.69, 9.17) is 0 Å². The summed E-state index contributed by atoms with van der Waals surface area (Å²) in [6.07, 6.45) is 2.63. The van der Waals surface area contributed by atoms with Crippen LogP contribution in [-0.4, -0.2) is 43.5 Å². The zero-order valence-electron chi connectivity index (χ0n) is 10.7. The van der Waals surface area contributed by atoms with Crippen LogP contribution in [0, 0.1) is 0 Å². The number of hydrogen-bond donors (Lipinski definition) is 2. The number of nitrogens with zero attached hydrogens (tertiary/aromatic N) is 1. The highest BCUT2D eigenvalue weighted by molar-refractivity contribution is 5.92. The molecule has 1 aliphatic rings. The zero-order valence-corrected chi connectivity index (χ0v) is 10.7. The summed E-state index contributed by atoms with van der Waals surface area (Å²) >= 11 is 0. The highest BCUT2D eigenvalue weighted by Gasteiger charge is 2.10. The Kier molecular flexibility index (Phi) is 5.17. The van der Waals surface area contributed by atoms with E-state index in [1.807, 2.05) is 30.3 Å².